The molecule has 0 aromatic heterocycles. The molecule has 0 bridgehead atoms. The number of rotatable bonds is 1. The van der Waals surface area contributed by atoms with Crippen molar-refractivity contribution in [1.29, 1.82) is 0 Å². The Morgan fingerprint density at radius 1 is 1.29 bits per heavy atom. The Morgan fingerprint density at radius 2 is 1.93 bits per heavy atom. The zero-order valence-electron chi connectivity index (χ0n) is 8.86. The van der Waals surface area contributed by atoms with Crippen LogP contribution in [0.3, 0.4) is 0 Å². The van der Waals surface area contributed by atoms with Crippen molar-refractivity contribution in [3.8, 4) is 0 Å². The molecule has 1 saturated heterocycles. The fourth-order valence-corrected chi connectivity index (χ4v) is 5.40. The molecule has 0 unspecified atom stereocenters. The number of benzene rings is 1. The third kappa shape index (κ3) is 1.79. The summed E-state index contributed by atoms with van der Waals surface area (Å²) >= 11 is 0. The third-order valence-electron chi connectivity index (χ3n) is 3.29. The van der Waals surface area contributed by atoms with Crippen LogP contribution in [0.15, 0.2) is 30.3 Å². The highest BCUT2D eigenvalue weighted by Gasteiger charge is 2.40. The molecule has 0 radical (unpaired) electrons. The molecule has 2 heteroatoms. The van der Waals surface area contributed by atoms with Crippen LogP contribution in [-0.2, 0) is 9.98 Å². The molecule has 1 fully saturated rings. The zero-order chi connectivity index (χ0) is 10.2. The van der Waals surface area contributed by atoms with Gasteiger partial charge in [-0.05, 0) is 24.1 Å². The monoisotopic (exact) mass is 208 g/mol. The predicted molar refractivity (Wildman–Crippen MR) is 61.7 cm³/mol. The molecule has 0 N–H and O–H groups in total. The molecule has 1 heterocycles. The topological polar surface area (TPSA) is 17.1 Å². The summed E-state index contributed by atoms with van der Waals surface area (Å²) in [5, 5.41) is 0. The Kier molecular flexibility index (Phi) is 2.31. The second kappa shape index (κ2) is 3.24. The van der Waals surface area contributed by atoms with Crippen LogP contribution in [0.2, 0.25) is 0 Å². The molecule has 1 aliphatic rings. The molecule has 2 rings (SSSR count). The van der Waals surface area contributed by atoms with E-state index in [4.69, 9.17) is 0 Å². The van der Waals surface area contributed by atoms with E-state index in [9.17, 15) is 4.57 Å². The zero-order valence-corrected chi connectivity index (χ0v) is 9.76. The van der Waals surface area contributed by atoms with Crippen molar-refractivity contribution in [2.75, 3.05) is 19.0 Å². The highest BCUT2D eigenvalue weighted by molar-refractivity contribution is 7.63. The third-order valence-corrected chi connectivity index (χ3v) is 5.83. The van der Waals surface area contributed by atoms with Gasteiger partial charge in [0.2, 0.25) is 0 Å². The van der Waals surface area contributed by atoms with Gasteiger partial charge < -0.3 is 4.57 Å². The fourth-order valence-electron chi connectivity index (χ4n) is 2.46. The van der Waals surface area contributed by atoms with Crippen LogP contribution in [-0.4, -0.2) is 19.0 Å². The summed E-state index contributed by atoms with van der Waals surface area (Å²) < 4.78 is 12.0. The molecule has 1 aromatic carbocycles. The molecule has 1 aromatic rings. The van der Waals surface area contributed by atoms with Crippen LogP contribution >= 0.6 is 7.14 Å². The summed E-state index contributed by atoms with van der Waals surface area (Å²) in [6.45, 7) is 4.19. The van der Waals surface area contributed by atoms with Crippen molar-refractivity contribution >= 4 is 7.14 Å². The van der Waals surface area contributed by atoms with Crippen LogP contribution in [0.1, 0.15) is 18.9 Å². The first kappa shape index (κ1) is 9.98. The minimum Gasteiger partial charge on any atom is -0.324 e. The van der Waals surface area contributed by atoms with Gasteiger partial charge in [-0.3, -0.25) is 0 Å². The van der Waals surface area contributed by atoms with E-state index in [2.05, 4.69) is 31.2 Å². The number of hydrogen-bond acceptors (Lipinski definition) is 1. The molecule has 0 aliphatic carbocycles. The smallest absolute Gasteiger partial charge is 0.0857 e. The molecule has 1 nitrogen and oxygen atoms in total. The molecular formula is C12H17OP. The van der Waals surface area contributed by atoms with Gasteiger partial charge in [-0.15, -0.1) is 0 Å². The van der Waals surface area contributed by atoms with Gasteiger partial charge in [0, 0.05) is 12.3 Å². The summed E-state index contributed by atoms with van der Waals surface area (Å²) in [5.41, 5.74) is 1.51. The predicted octanol–water partition coefficient (Wildman–Crippen LogP) is 3.34. The molecule has 76 valence electrons. The Labute approximate surface area is 85.9 Å². The first-order valence-corrected chi connectivity index (χ1v) is 7.65. The second-order valence-electron chi connectivity index (χ2n) is 4.86. The first-order chi connectivity index (χ1) is 6.52. The van der Waals surface area contributed by atoms with E-state index in [-0.39, 0.29) is 5.41 Å². The molecule has 0 spiro atoms. The Balaban J connectivity index is 2.32. The van der Waals surface area contributed by atoms with E-state index in [0.717, 1.165) is 18.7 Å². The Hall–Kier alpha value is -0.550. The fraction of sp³-hybridized carbons (Fsp3) is 0.500. The minimum absolute atomic E-state index is 0.158. The van der Waals surface area contributed by atoms with E-state index in [0.29, 0.717) is 0 Å². The van der Waals surface area contributed by atoms with Crippen molar-refractivity contribution in [1.82, 2.24) is 0 Å². The normalized spacial score (nSPS) is 37.3. The van der Waals surface area contributed by atoms with E-state index in [1.54, 1.807) is 0 Å². The van der Waals surface area contributed by atoms with Crippen molar-refractivity contribution in [3.63, 3.8) is 0 Å². The SMILES string of the molecule is C[C@]1(c2ccccc2)CC[P@@](C)(=O)C1. The highest BCUT2D eigenvalue weighted by Crippen LogP contribution is 2.56. The van der Waals surface area contributed by atoms with Gasteiger partial charge >= 0.3 is 0 Å². The van der Waals surface area contributed by atoms with Crippen molar-refractivity contribution < 1.29 is 4.57 Å². The largest absolute Gasteiger partial charge is 0.324 e. The van der Waals surface area contributed by atoms with E-state index in [1.165, 1.54) is 5.56 Å². The van der Waals surface area contributed by atoms with E-state index >= 15 is 0 Å². The maximum Gasteiger partial charge on any atom is 0.0857 e. The molecule has 14 heavy (non-hydrogen) atoms. The van der Waals surface area contributed by atoms with Gasteiger partial charge in [-0.2, -0.15) is 0 Å². The van der Waals surface area contributed by atoms with Crippen LogP contribution in [0.25, 0.3) is 0 Å². The lowest BCUT2D eigenvalue weighted by Crippen LogP contribution is -2.20. The van der Waals surface area contributed by atoms with Gasteiger partial charge in [0.25, 0.3) is 0 Å². The van der Waals surface area contributed by atoms with Gasteiger partial charge in [0.15, 0.2) is 0 Å². The first-order valence-electron chi connectivity index (χ1n) is 5.13. The lowest BCUT2D eigenvalue weighted by Gasteiger charge is -2.23. The van der Waals surface area contributed by atoms with E-state index < -0.39 is 7.14 Å². The van der Waals surface area contributed by atoms with E-state index in [1.807, 2.05) is 12.7 Å². The summed E-state index contributed by atoms with van der Waals surface area (Å²) in [7, 11) is -1.83. The molecule has 2 atom stereocenters. The van der Waals surface area contributed by atoms with Gasteiger partial charge in [-0.25, -0.2) is 0 Å². The molecule has 1 aliphatic heterocycles. The van der Waals surface area contributed by atoms with Gasteiger partial charge in [-0.1, -0.05) is 37.3 Å². The van der Waals surface area contributed by atoms with Crippen LogP contribution < -0.4 is 0 Å². The lowest BCUT2D eigenvalue weighted by molar-refractivity contribution is 0.536. The molecule has 0 saturated carbocycles. The lowest BCUT2D eigenvalue weighted by atomic mass is 9.82. The molecular weight excluding hydrogens is 191 g/mol. The van der Waals surface area contributed by atoms with Crippen molar-refractivity contribution in [2.24, 2.45) is 0 Å². The quantitative estimate of drug-likeness (QED) is 0.647. The average Bonchev–Trinajstić information content (AvgIpc) is 2.44. The second-order valence-corrected chi connectivity index (χ2v) is 8.21. The Morgan fingerprint density at radius 3 is 2.43 bits per heavy atom. The minimum atomic E-state index is -1.83. The summed E-state index contributed by atoms with van der Waals surface area (Å²) in [4.78, 5) is 0. The standard InChI is InChI=1S/C12H17OP/c1-12(8-9-14(2,13)10-12)11-6-4-3-5-7-11/h3-7H,8-10H2,1-2H3/t12-,14+/m0/s1. The van der Waals surface area contributed by atoms with Gasteiger partial charge in [0.1, 0.15) is 0 Å². The van der Waals surface area contributed by atoms with Crippen LogP contribution in [0.4, 0.5) is 0 Å². The highest BCUT2D eigenvalue weighted by atomic mass is 31.2. The van der Waals surface area contributed by atoms with Crippen molar-refractivity contribution in [2.45, 2.75) is 18.8 Å². The van der Waals surface area contributed by atoms with Gasteiger partial charge in [0.05, 0.1) is 7.14 Å². The summed E-state index contributed by atoms with van der Waals surface area (Å²) in [6.07, 6.45) is 2.87. The van der Waals surface area contributed by atoms with Crippen LogP contribution in [0, 0.1) is 0 Å². The maximum atomic E-state index is 12.0. The maximum absolute atomic E-state index is 12.0. The summed E-state index contributed by atoms with van der Waals surface area (Å²) in [6, 6.07) is 10.5. The molecule has 0 amide bonds. The van der Waals surface area contributed by atoms with Crippen molar-refractivity contribution in [3.05, 3.63) is 35.9 Å². The van der Waals surface area contributed by atoms with Crippen LogP contribution in [0.5, 0.6) is 0 Å². The number of hydrogen-bond donors (Lipinski definition) is 0. The summed E-state index contributed by atoms with van der Waals surface area (Å²) in [5.74, 6) is 0. The average molecular weight is 208 g/mol. The Bertz CT molecular complexity index is 371.